The lowest BCUT2D eigenvalue weighted by molar-refractivity contribution is -0.161. The van der Waals surface area contributed by atoms with E-state index in [1.165, 1.54) is 57.8 Å². The highest BCUT2D eigenvalue weighted by Crippen LogP contribution is 2.43. The molecule has 4 N–H and O–H groups in total. The summed E-state index contributed by atoms with van der Waals surface area (Å²) in [6.07, 6.45) is 46.5. The van der Waals surface area contributed by atoms with Crippen LogP contribution in [0.4, 0.5) is 0 Å². The lowest BCUT2D eigenvalue weighted by atomic mass is 10.1. The molecule has 3 atom stereocenters. The average molecular weight is 806 g/mol. The molecule has 0 aliphatic heterocycles. The Bertz CT molecular complexity index is 1210. The number of carbonyl (C=O) groups is 2. The van der Waals surface area contributed by atoms with Gasteiger partial charge in [0.25, 0.3) is 0 Å². The van der Waals surface area contributed by atoms with Crippen molar-refractivity contribution in [3.8, 4) is 0 Å². The number of allylic oxidation sites excluding steroid dienone is 13. The van der Waals surface area contributed by atoms with E-state index < -0.39 is 38.6 Å². The lowest BCUT2D eigenvalue weighted by Gasteiger charge is -2.20. The second-order valence-corrected chi connectivity index (χ2v) is 15.2. The first-order valence-corrected chi connectivity index (χ1v) is 22.7. The van der Waals surface area contributed by atoms with Crippen molar-refractivity contribution in [3.63, 3.8) is 0 Å². The smallest absolute Gasteiger partial charge is 0.462 e. The molecular weight excluding hydrogens is 729 g/mol. The molecule has 0 saturated carbocycles. The average Bonchev–Trinajstić information content (AvgIpc) is 3.18. The fourth-order valence-corrected chi connectivity index (χ4v) is 5.93. The van der Waals surface area contributed by atoms with E-state index in [1.807, 2.05) is 18.2 Å². The van der Waals surface area contributed by atoms with Gasteiger partial charge >= 0.3 is 19.8 Å². The molecule has 0 aromatic carbocycles. The molecule has 0 aliphatic rings. The minimum Gasteiger partial charge on any atom is -0.462 e. The second kappa shape index (κ2) is 40.4. The molecule has 0 spiro atoms. The van der Waals surface area contributed by atoms with Crippen LogP contribution in [-0.4, -0.2) is 60.5 Å². The van der Waals surface area contributed by atoms with Gasteiger partial charge in [-0.25, -0.2) is 4.57 Å². The molecule has 10 nitrogen and oxygen atoms in total. The van der Waals surface area contributed by atoms with Crippen molar-refractivity contribution in [3.05, 3.63) is 85.1 Å². The quantitative estimate of drug-likeness (QED) is 0.0180. The largest absolute Gasteiger partial charge is 0.472 e. The SMILES string of the molecule is CCCCC/C=C\C/C=C\C/C=C\C=C\[C@H](O)CCCC(=O)O[C@H](COC(=O)CCC/C=C\C/C=C\C/C=C\CCCCCCCC)COP(=O)(O)OCCN. The van der Waals surface area contributed by atoms with Gasteiger partial charge in [-0.05, 0) is 77.0 Å². The maximum Gasteiger partial charge on any atom is 0.472 e. The number of hydrogen-bond donors (Lipinski definition) is 3. The van der Waals surface area contributed by atoms with Crippen LogP contribution < -0.4 is 5.73 Å². The van der Waals surface area contributed by atoms with E-state index in [4.69, 9.17) is 24.3 Å². The summed E-state index contributed by atoms with van der Waals surface area (Å²) in [5, 5.41) is 10.3. The van der Waals surface area contributed by atoms with Crippen LogP contribution >= 0.6 is 7.82 Å². The highest BCUT2D eigenvalue weighted by Gasteiger charge is 2.26. The number of nitrogens with two attached hydrogens (primary N) is 1. The van der Waals surface area contributed by atoms with Gasteiger partial charge in [-0.1, -0.05) is 144 Å². The molecule has 0 aromatic heterocycles. The molecule has 11 heteroatoms. The third kappa shape index (κ3) is 39.4. The number of hydrogen-bond acceptors (Lipinski definition) is 9. The van der Waals surface area contributed by atoms with Crippen molar-refractivity contribution in [2.75, 3.05) is 26.4 Å². The molecule has 0 radical (unpaired) electrons. The minimum atomic E-state index is -4.45. The van der Waals surface area contributed by atoms with E-state index in [-0.39, 0.29) is 32.6 Å². The molecule has 0 bridgehead atoms. The van der Waals surface area contributed by atoms with Crippen molar-refractivity contribution in [1.82, 2.24) is 0 Å². The molecule has 0 saturated heterocycles. The van der Waals surface area contributed by atoms with E-state index in [1.54, 1.807) is 12.2 Å². The predicted octanol–water partition coefficient (Wildman–Crippen LogP) is 11.0. The number of ether oxygens (including phenoxy) is 2. The molecule has 0 aliphatic carbocycles. The Morgan fingerprint density at radius 3 is 1.77 bits per heavy atom. The van der Waals surface area contributed by atoms with Crippen LogP contribution in [0.2, 0.25) is 0 Å². The zero-order valence-corrected chi connectivity index (χ0v) is 35.6. The Kier molecular flexibility index (Phi) is 38.3. The Balaban J connectivity index is 4.47. The number of esters is 2. The summed E-state index contributed by atoms with van der Waals surface area (Å²) in [5.74, 6) is -1.10. The van der Waals surface area contributed by atoms with Crippen molar-refractivity contribution in [1.29, 1.82) is 0 Å². The fraction of sp³-hybridized carbons (Fsp3) is 0.644. The third-order valence-corrected chi connectivity index (χ3v) is 9.34. The summed E-state index contributed by atoms with van der Waals surface area (Å²) in [6, 6.07) is 0. The Labute approximate surface area is 339 Å². The van der Waals surface area contributed by atoms with Crippen LogP contribution in [0.5, 0.6) is 0 Å². The van der Waals surface area contributed by atoms with Crippen molar-refractivity contribution in [2.45, 2.75) is 161 Å². The first-order chi connectivity index (χ1) is 27.2. The minimum absolute atomic E-state index is 0.0128. The van der Waals surface area contributed by atoms with Crippen molar-refractivity contribution < 1.29 is 42.7 Å². The summed E-state index contributed by atoms with van der Waals surface area (Å²) in [6.45, 7) is 3.39. The van der Waals surface area contributed by atoms with Gasteiger partial charge in [0.2, 0.25) is 0 Å². The van der Waals surface area contributed by atoms with E-state index in [9.17, 15) is 24.2 Å². The summed E-state index contributed by atoms with van der Waals surface area (Å²) in [4.78, 5) is 34.8. The van der Waals surface area contributed by atoms with Crippen LogP contribution in [0, 0.1) is 0 Å². The fourth-order valence-electron chi connectivity index (χ4n) is 5.16. The molecule has 320 valence electrons. The molecule has 0 aromatic rings. The predicted molar refractivity (Wildman–Crippen MR) is 230 cm³/mol. The normalized spacial score (nSPS) is 14.7. The maximum atomic E-state index is 12.6. The lowest BCUT2D eigenvalue weighted by Crippen LogP contribution is -2.29. The summed E-state index contributed by atoms with van der Waals surface area (Å²) >= 11 is 0. The summed E-state index contributed by atoms with van der Waals surface area (Å²) < 4.78 is 32.5. The molecule has 1 unspecified atom stereocenters. The topological polar surface area (TPSA) is 155 Å². The van der Waals surface area contributed by atoms with Gasteiger partial charge < -0.3 is 25.2 Å². The molecule has 0 fully saturated rings. The highest BCUT2D eigenvalue weighted by atomic mass is 31.2. The number of phosphoric acid groups is 1. The number of phosphoric ester groups is 1. The summed E-state index contributed by atoms with van der Waals surface area (Å²) in [5.41, 5.74) is 5.33. The third-order valence-electron chi connectivity index (χ3n) is 8.36. The van der Waals surface area contributed by atoms with Gasteiger partial charge in [0.15, 0.2) is 6.10 Å². The van der Waals surface area contributed by atoms with E-state index in [0.29, 0.717) is 25.7 Å². The highest BCUT2D eigenvalue weighted by molar-refractivity contribution is 7.47. The maximum absolute atomic E-state index is 12.6. The Hall–Kier alpha value is -2.85. The van der Waals surface area contributed by atoms with Crippen LogP contribution in [0.3, 0.4) is 0 Å². The van der Waals surface area contributed by atoms with Crippen LogP contribution in [0.15, 0.2) is 85.1 Å². The monoisotopic (exact) mass is 806 g/mol. The molecule has 56 heavy (non-hydrogen) atoms. The second-order valence-electron chi connectivity index (χ2n) is 13.7. The van der Waals surface area contributed by atoms with E-state index in [0.717, 1.165) is 38.5 Å². The molecule has 0 rings (SSSR count). The van der Waals surface area contributed by atoms with Crippen molar-refractivity contribution in [2.24, 2.45) is 5.73 Å². The number of rotatable bonds is 38. The van der Waals surface area contributed by atoms with E-state index in [2.05, 4.69) is 68.5 Å². The number of aliphatic hydroxyl groups excluding tert-OH is 1. The van der Waals surface area contributed by atoms with Crippen LogP contribution in [0.25, 0.3) is 0 Å². The van der Waals surface area contributed by atoms with Crippen LogP contribution in [-0.2, 0) is 32.7 Å². The molecule has 0 heterocycles. The number of carbonyl (C=O) groups excluding carboxylic acids is 2. The number of aliphatic hydroxyl groups is 1. The standard InChI is InChI=1S/C45H76NO9P/c1-3-5-7-9-11-13-15-17-18-19-20-22-24-26-28-30-32-36-44(48)52-40-43(41-54-56(50,51)53-39-38-46)55-45(49)37-33-35-42(47)34-31-29-27-25-23-21-16-14-12-10-8-6-4-2/h12,14,17-18,20-23,26-29,31,34,42-43,47H,3-11,13,15-16,19,24-25,30,32-33,35-41,46H2,1-2H3,(H,50,51)/b14-12-,18-17-,22-20-,23-21-,28-26-,29-27-,34-31+/t42-,43+/m0/s1. The summed E-state index contributed by atoms with van der Waals surface area (Å²) in [7, 11) is -4.45. The van der Waals surface area contributed by atoms with Crippen LogP contribution in [0.1, 0.15) is 149 Å². The Morgan fingerprint density at radius 2 is 1.14 bits per heavy atom. The van der Waals surface area contributed by atoms with Gasteiger partial charge in [-0.15, -0.1) is 0 Å². The first kappa shape index (κ1) is 53.1. The van der Waals surface area contributed by atoms with Gasteiger partial charge in [-0.3, -0.25) is 18.6 Å². The first-order valence-electron chi connectivity index (χ1n) is 21.2. The molecular formula is C45H76NO9P. The number of unbranched alkanes of at least 4 members (excludes halogenated alkanes) is 10. The van der Waals surface area contributed by atoms with Crippen molar-refractivity contribution >= 4 is 19.8 Å². The zero-order valence-electron chi connectivity index (χ0n) is 34.7. The molecule has 0 amide bonds. The Morgan fingerprint density at radius 1 is 0.625 bits per heavy atom. The van der Waals surface area contributed by atoms with Gasteiger partial charge in [0.1, 0.15) is 6.61 Å². The van der Waals surface area contributed by atoms with Gasteiger partial charge in [0.05, 0.1) is 19.3 Å². The zero-order chi connectivity index (χ0) is 41.2. The van der Waals surface area contributed by atoms with Gasteiger partial charge in [-0.2, -0.15) is 0 Å². The van der Waals surface area contributed by atoms with Gasteiger partial charge in [0, 0.05) is 19.4 Å². The van der Waals surface area contributed by atoms with E-state index >= 15 is 0 Å².